The number of allylic oxidation sites excluding steroid dienone is 1. The molecule has 0 unspecified atom stereocenters. The van der Waals surface area contributed by atoms with Gasteiger partial charge in [-0.25, -0.2) is 0 Å². The van der Waals surface area contributed by atoms with Crippen LogP contribution in [0.25, 0.3) is 0 Å². The van der Waals surface area contributed by atoms with Crippen molar-refractivity contribution in [1.29, 1.82) is 0 Å². The van der Waals surface area contributed by atoms with Crippen molar-refractivity contribution in [2.45, 2.75) is 110 Å². The zero-order valence-electron chi connectivity index (χ0n) is 16.1. The normalized spacial score (nSPS) is 11.0. The van der Waals surface area contributed by atoms with Crippen molar-refractivity contribution in [2.24, 2.45) is 0 Å². The van der Waals surface area contributed by atoms with Gasteiger partial charge in [0.1, 0.15) is 6.26 Å². The van der Waals surface area contributed by atoms with Gasteiger partial charge in [0, 0.05) is 6.42 Å². The van der Waals surface area contributed by atoms with Crippen LogP contribution in [0.4, 0.5) is 0 Å². The molecule has 5 heteroatoms. The topological polar surface area (TPSA) is 74.6 Å². The molecule has 0 aliphatic carbocycles. The van der Waals surface area contributed by atoms with Crippen LogP contribution < -0.4 is 0 Å². The van der Waals surface area contributed by atoms with Gasteiger partial charge in [0.05, 0.1) is 0 Å². The minimum atomic E-state index is -0.518. The molecule has 0 amide bonds. The average Bonchev–Trinajstić information content (AvgIpc) is 2.65. The Kier molecular flexibility index (Phi) is 25.2. The molecule has 25 heavy (non-hydrogen) atoms. The SMILES string of the molecule is CCCCCCCCCCCCCCCCCC(=O)/C(O)=C/O.[O]=[Ti]. The summed E-state index contributed by atoms with van der Waals surface area (Å²) < 4.78 is 8.25. The van der Waals surface area contributed by atoms with Crippen molar-refractivity contribution in [3.05, 3.63) is 12.0 Å². The van der Waals surface area contributed by atoms with Gasteiger partial charge in [-0.2, -0.15) is 0 Å². The Labute approximate surface area is 166 Å². The molecule has 0 aromatic heterocycles. The molecule has 0 rings (SSSR count). The number of aliphatic hydroxyl groups is 2. The predicted octanol–water partition coefficient (Wildman–Crippen LogP) is 6.65. The van der Waals surface area contributed by atoms with Gasteiger partial charge in [-0.05, 0) is 6.42 Å². The minimum absolute atomic E-state index is 0.334. The van der Waals surface area contributed by atoms with E-state index in [0.29, 0.717) is 12.7 Å². The van der Waals surface area contributed by atoms with Crippen LogP contribution in [0.5, 0.6) is 0 Å². The van der Waals surface area contributed by atoms with Gasteiger partial charge in [0.2, 0.25) is 0 Å². The third-order valence-electron chi connectivity index (χ3n) is 4.42. The van der Waals surface area contributed by atoms with Crippen molar-refractivity contribution in [3.8, 4) is 0 Å². The van der Waals surface area contributed by atoms with E-state index in [1.807, 2.05) is 0 Å². The molecule has 0 saturated heterocycles. The molecule has 0 saturated carbocycles. The molecule has 146 valence electrons. The quantitative estimate of drug-likeness (QED) is 0.126. The number of Topliss-reactive ketones (excluding diaryl/α,β-unsaturated/α-hetero) is 1. The summed E-state index contributed by atoms with van der Waals surface area (Å²) in [5, 5.41) is 17.5. The summed E-state index contributed by atoms with van der Waals surface area (Å²) in [5.41, 5.74) is 0. The summed E-state index contributed by atoms with van der Waals surface area (Å²) in [6.07, 6.45) is 20.2. The number of unbranched alkanes of at least 4 members (excludes halogenated alkanes) is 14. The van der Waals surface area contributed by atoms with Gasteiger partial charge in [0.25, 0.3) is 0 Å². The third-order valence-corrected chi connectivity index (χ3v) is 4.42. The Morgan fingerprint density at radius 1 is 0.720 bits per heavy atom. The number of carbonyl (C=O) groups is 1. The molecule has 0 aliphatic heterocycles. The summed E-state index contributed by atoms with van der Waals surface area (Å²) in [4.78, 5) is 11.2. The first-order valence-corrected chi connectivity index (χ1v) is 10.6. The van der Waals surface area contributed by atoms with E-state index in [1.165, 1.54) is 77.0 Å². The fourth-order valence-electron chi connectivity index (χ4n) is 2.86. The van der Waals surface area contributed by atoms with Crippen LogP contribution in [0.15, 0.2) is 12.0 Å². The van der Waals surface area contributed by atoms with Crippen LogP contribution in [0.3, 0.4) is 0 Å². The molecule has 0 bridgehead atoms. The van der Waals surface area contributed by atoms with Gasteiger partial charge in [0.15, 0.2) is 11.5 Å². The van der Waals surface area contributed by atoms with Crippen molar-refractivity contribution < 1.29 is 38.7 Å². The zero-order chi connectivity index (χ0) is 19.2. The Bertz CT molecular complexity index is 319. The molecule has 0 heterocycles. The average molecular weight is 390 g/mol. The van der Waals surface area contributed by atoms with Crippen LogP contribution in [0, 0.1) is 0 Å². The van der Waals surface area contributed by atoms with Crippen molar-refractivity contribution >= 4 is 5.78 Å². The second kappa shape index (κ2) is 23.5. The monoisotopic (exact) mass is 390 g/mol. The Hall–Kier alpha value is -0.476. The number of hydrogen-bond donors (Lipinski definition) is 2. The first-order chi connectivity index (χ1) is 12.2. The molecule has 0 spiro atoms. The van der Waals surface area contributed by atoms with E-state index < -0.39 is 5.76 Å². The van der Waals surface area contributed by atoms with Crippen molar-refractivity contribution in [1.82, 2.24) is 0 Å². The van der Waals surface area contributed by atoms with E-state index in [9.17, 15) is 4.79 Å². The fourth-order valence-corrected chi connectivity index (χ4v) is 2.86. The van der Waals surface area contributed by atoms with Gasteiger partial charge in [-0.1, -0.05) is 96.8 Å². The second-order valence-corrected chi connectivity index (χ2v) is 6.64. The summed E-state index contributed by atoms with van der Waals surface area (Å²) in [7, 11) is 0. The molecule has 0 aromatic rings. The second-order valence-electron chi connectivity index (χ2n) is 6.64. The molecular formula is C20H38O4Ti. The number of carbonyl (C=O) groups excluding carboxylic acids is 1. The summed E-state index contributed by atoms with van der Waals surface area (Å²) in [6.45, 7) is 2.26. The third kappa shape index (κ3) is 21.5. The first kappa shape index (κ1) is 26.8. The van der Waals surface area contributed by atoms with E-state index in [0.717, 1.165) is 39.7 Å². The maximum absolute atomic E-state index is 11.2. The number of rotatable bonds is 17. The van der Waals surface area contributed by atoms with Crippen LogP contribution in [0.2, 0.25) is 0 Å². The van der Waals surface area contributed by atoms with Gasteiger partial charge in [-0.3, -0.25) is 4.79 Å². The molecular weight excluding hydrogens is 352 g/mol. The number of aliphatic hydroxyl groups excluding tert-OH is 2. The Morgan fingerprint density at radius 2 is 1.04 bits per heavy atom. The number of hydrogen-bond acceptors (Lipinski definition) is 4. The van der Waals surface area contributed by atoms with Gasteiger partial charge < -0.3 is 10.2 Å². The maximum atomic E-state index is 11.2. The fraction of sp³-hybridized carbons (Fsp3) is 0.850. The van der Waals surface area contributed by atoms with Crippen LogP contribution in [-0.2, 0) is 28.5 Å². The predicted molar refractivity (Wildman–Crippen MR) is 98.6 cm³/mol. The van der Waals surface area contributed by atoms with Crippen molar-refractivity contribution in [3.63, 3.8) is 0 Å². The molecule has 2 N–H and O–H groups in total. The molecule has 0 fully saturated rings. The van der Waals surface area contributed by atoms with Gasteiger partial charge >= 0.3 is 23.7 Å². The van der Waals surface area contributed by atoms with Crippen LogP contribution in [0.1, 0.15) is 110 Å². The van der Waals surface area contributed by atoms with E-state index in [4.69, 9.17) is 13.5 Å². The summed E-state index contributed by atoms with van der Waals surface area (Å²) >= 11 is 0.750. The number of ketones is 1. The standard InChI is InChI=1S/C20H38O3.O.Ti/c1-2-3-4-5-6-7-8-9-10-11-12-13-14-15-16-17-19(22)20(23)18-21;;/h18,21,23H,2-17H2,1H3;;/b20-18-;;. The van der Waals surface area contributed by atoms with Crippen LogP contribution in [-0.4, -0.2) is 16.0 Å². The van der Waals surface area contributed by atoms with Crippen molar-refractivity contribution in [2.75, 3.05) is 0 Å². The summed E-state index contributed by atoms with van der Waals surface area (Å²) in [6, 6.07) is 0. The first-order valence-electron chi connectivity index (χ1n) is 9.99. The van der Waals surface area contributed by atoms with E-state index in [2.05, 4.69) is 6.92 Å². The van der Waals surface area contributed by atoms with E-state index in [-0.39, 0.29) is 5.78 Å². The Morgan fingerprint density at radius 3 is 1.36 bits per heavy atom. The zero-order valence-corrected chi connectivity index (χ0v) is 17.7. The Balaban J connectivity index is 0. The van der Waals surface area contributed by atoms with Crippen LogP contribution >= 0.6 is 0 Å². The van der Waals surface area contributed by atoms with E-state index >= 15 is 0 Å². The van der Waals surface area contributed by atoms with Gasteiger partial charge in [-0.15, -0.1) is 0 Å². The molecule has 4 nitrogen and oxygen atoms in total. The molecule has 0 atom stereocenters. The summed E-state index contributed by atoms with van der Waals surface area (Å²) in [5.74, 6) is -0.877. The van der Waals surface area contributed by atoms with E-state index in [1.54, 1.807) is 0 Å². The molecule has 0 radical (unpaired) electrons. The molecule has 0 aliphatic rings. The molecule has 0 aromatic carbocycles.